The van der Waals surface area contributed by atoms with E-state index in [1.54, 1.807) is 0 Å². The van der Waals surface area contributed by atoms with Crippen LogP contribution in [0, 0.1) is 5.92 Å². The molecule has 0 aliphatic carbocycles. The first-order valence-corrected chi connectivity index (χ1v) is 8.08. The summed E-state index contributed by atoms with van der Waals surface area (Å²) in [7, 11) is 0. The van der Waals surface area contributed by atoms with Crippen LogP contribution < -0.4 is 0 Å². The molecule has 2 saturated heterocycles. The van der Waals surface area contributed by atoms with Gasteiger partial charge in [-0.25, -0.2) is 0 Å². The summed E-state index contributed by atoms with van der Waals surface area (Å²) in [6.45, 7) is 4.38. The molecule has 1 aromatic heterocycles. The summed E-state index contributed by atoms with van der Waals surface area (Å²) in [6.07, 6.45) is 8.61. The first-order chi connectivity index (χ1) is 9.71. The molecular weight excluding hydrogens is 252 g/mol. The highest BCUT2D eigenvalue weighted by Gasteiger charge is 2.43. The fraction of sp³-hybridized carbons (Fsp3) is 0.812. The van der Waals surface area contributed by atoms with Crippen molar-refractivity contribution < 1.29 is 9.84 Å². The Hall–Kier alpha value is -0.870. The summed E-state index contributed by atoms with van der Waals surface area (Å²) in [6, 6.07) is 2.53. The van der Waals surface area contributed by atoms with E-state index in [4.69, 9.17) is 4.74 Å². The number of aliphatic hydroxyl groups excluding tert-OH is 1. The van der Waals surface area contributed by atoms with Crippen molar-refractivity contribution in [2.24, 2.45) is 5.92 Å². The predicted molar refractivity (Wildman–Crippen MR) is 77.6 cm³/mol. The number of aliphatic hydroxyl groups is 1. The zero-order chi connectivity index (χ0) is 14.1. The maximum atomic E-state index is 10.5. The third kappa shape index (κ3) is 2.63. The van der Waals surface area contributed by atoms with Crippen molar-refractivity contribution in [3.05, 3.63) is 18.0 Å². The molecule has 0 radical (unpaired) electrons. The van der Waals surface area contributed by atoms with Gasteiger partial charge in [0.2, 0.25) is 0 Å². The molecule has 0 aromatic carbocycles. The van der Waals surface area contributed by atoms with Crippen LogP contribution in [0.2, 0.25) is 0 Å². The summed E-state index contributed by atoms with van der Waals surface area (Å²) in [5.41, 5.74) is 1.01. The van der Waals surface area contributed by atoms with Gasteiger partial charge < -0.3 is 9.84 Å². The molecule has 1 aromatic rings. The number of nitrogens with zero attached hydrogens (tertiary/aromatic N) is 2. The number of aromatic nitrogens is 2. The van der Waals surface area contributed by atoms with Gasteiger partial charge in [-0.3, -0.25) is 4.68 Å². The molecule has 0 amide bonds. The molecule has 3 heterocycles. The molecular formula is C16H26N2O2. The topological polar surface area (TPSA) is 47.3 Å². The van der Waals surface area contributed by atoms with Crippen molar-refractivity contribution >= 4 is 0 Å². The molecule has 4 heteroatoms. The Bertz CT molecular complexity index is 441. The zero-order valence-corrected chi connectivity index (χ0v) is 12.5. The SMILES string of the molecule is CCC(CC)n1ccc(CC(O)C2CC3CCC2O3)n1. The van der Waals surface area contributed by atoms with Crippen molar-refractivity contribution in [3.63, 3.8) is 0 Å². The number of fused-ring (bicyclic) bond motifs is 2. The van der Waals surface area contributed by atoms with Crippen LogP contribution in [0.5, 0.6) is 0 Å². The van der Waals surface area contributed by atoms with Gasteiger partial charge in [-0.05, 0) is 38.2 Å². The molecule has 2 fully saturated rings. The average Bonchev–Trinajstić information content (AvgIpc) is 3.16. The maximum Gasteiger partial charge on any atom is 0.0650 e. The molecule has 2 bridgehead atoms. The number of ether oxygens (including phenoxy) is 1. The van der Waals surface area contributed by atoms with Gasteiger partial charge in [-0.2, -0.15) is 5.10 Å². The summed E-state index contributed by atoms with van der Waals surface area (Å²) >= 11 is 0. The monoisotopic (exact) mass is 278 g/mol. The lowest BCUT2D eigenvalue weighted by atomic mass is 9.84. The second-order valence-corrected chi connectivity index (χ2v) is 6.30. The Morgan fingerprint density at radius 3 is 2.80 bits per heavy atom. The highest BCUT2D eigenvalue weighted by molar-refractivity contribution is 5.04. The second kappa shape index (κ2) is 5.86. The molecule has 20 heavy (non-hydrogen) atoms. The highest BCUT2D eigenvalue weighted by Crippen LogP contribution is 2.40. The van der Waals surface area contributed by atoms with Gasteiger partial charge in [-0.15, -0.1) is 0 Å². The van der Waals surface area contributed by atoms with E-state index in [1.807, 2.05) is 0 Å². The van der Waals surface area contributed by atoms with Crippen molar-refractivity contribution in [3.8, 4) is 0 Å². The van der Waals surface area contributed by atoms with Crippen molar-refractivity contribution in [2.75, 3.05) is 0 Å². The van der Waals surface area contributed by atoms with Crippen LogP contribution in [0.15, 0.2) is 12.3 Å². The van der Waals surface area contributed by atoms with E-state index in [1.165, 1.54) is 6.42 Å². The standard InChI is InChI=1S/C16H26N2O2/c1-3-12(4-2)18-8-7-11(17-18)9-15(19)14-10-13-5-6-16(14)20-13/h7-8,12-16,19H,3-6,9-10H2,1-2H3. The van der Waals surface area contributed by atoms with Crippen LogP contribution in [-0.2, 0) is 11.2 Å². The highest BCUT2D eigenvalue weighted by atomic mass is 16.5. The van der Waals surface area contributed by atoms with Gasteiger partial charge in [0.25, 0.3) is 0 Å². The third-order valence-corrected chi connectivity index (χ3v) is 5.05. The quantitative estimate of drug-likeness (QED) is 0.870. The Kier molecular flexibility index (Phi) is 4.13. The van der Waals surface area contributed by atoms with Crippen molar-refractivity contribution in [2.45, 2.75) is 76.7 Å². The Labute approximate surface area is 121 Å². The minimum atomic E-state index is -0.310. The van der Waals surface area contributed by atoms with Gasteiger partial charge in [0.05, 0.1) is 30.0 Å². The van der Waals surface area contributed by atoms with E-state index >= 15 is 0 Å². The van der Waals surface area contributed by atoms with E-state index in [-0.39, 0.29) is 12.2 Å². The lowest BCUT2D eigenvalue weighted by molar-refractivity contribution is 0.0426. The van der Waals surface area contributed by atoms with Gasteiger partial charge in [0.15, 0.2) is 0 Å². The van der Waals surface area contributed by atoms with Gasteiger partial charge in [0.1, 0.15) is 0 Å². The largest absolute Gasteiger partial charge is 0.392 e. The van der Waals surface area contributed by atoms with Crippen LogP contribution >= 0.6 is 0 Å². The van der Waals surface area contributed by atoms with E-state index in [0.29, 0.717) is 24.5 Å². The Morgan fingerprint density at radius 1 is 1.40 bits per heavy atom. The summed E-state index contributed by atoms with van der Waals surface area (Å²) < 4.78 is 7.89. The van der Waals surface area contributed by atoms with Crippen molar-refractivity contribution in [1.82, 2.24) is 9.78 Å². The molecule has 2 aliphatic heterocycles. The van der Waals surface area contributed by atoms with Crippen LogP contribution in [0.25, 0.3) is 0 Å². The van der Waals surface area contributed by atoms with Crippen LogP contribution in [0.4, 0.5) is 0 Å². The Morgan fingerprint density at radius 2 is 2.20 bits per heavy atom. The molecule has 4 unspecified atom stereocenters. The Balaban J connectivity index is 1.60. The summed E-state index contributed by atoms with van der Waals surface area (Å²) in [4.78, 5) is 0. The van der Waals surface area contributed by atoms with E-state index in [0.717, 1.165) is 31.4 Å². The fourth-order valence-electron chi connectivity index (χ4n) is 3.80. The van der Waals surface area contributed by atoms with E-state index in [2.05, 4.69) is 35.9 Å². The lowest BCUT2D eigenvalue weighted by Crippen LogP contribution is -2.31. The molecule has 2 aliphatic rings. The normalized spacial score (nSPS) is 30.3. The first-order valence-electron chi connectivity index (χ1n) is 8.08. The molecule has 0 saturated carbocycles. The van der Waals surface area contributed by atoms with Crippen LogP contribution in [0.1, 0.15) is 57.7 Å². The fourth-order valence-corrected chi connectivity index (χ4v) is 3.80. The first kappa shape index (κ1) is 14.1. The maximum absolute atomic E-state index is 10.5. The molecule has 1 N–H and O–H groups in total. The minimum Gasteiger partial charge on any atom is -0.392 e. The smallest absolute Gasteiger partial charge is 0.0650 e. The summed E-state index contributed by atoms with van der Waals surface area (Å²) in [5.74, 6) is 0.312. The second-order valence-electron chi connectivity index (χ2n) is 6.30. The third-order valence-electron chi connectivity index (χ3n) is 5.05. The molecule has 0 spiro atoms. The molecule has 3 rings (SSSR count). The van der Waals surface area contributed by atoms with E-state index in [9.17, 15) is 5.11 Å². The average molecular weight is 278 g/mol. The zero-order valence-electron chi connectivity index (χ0n) is 12.5. The van der Waals surface area contributed by atoms with Gasteiger partial charge >= 0.3 is 0 Å². The van der Waals surface area contributed by atoms with Crippen LogP contribution in [-0.4, -0.2) is 33.2 Å². The van der Waals surface area contributed by atoms with Gasteiger partial charge in [-0.1, -0.05) is 13.8 Å². The van der Waals surface area contributed by atoms with Gasteiger partial charge in [0, 0.05) is 18.5 Å². The van der Waals surface area contributed by atoms with Crippen LogP contribution in [0.3, 0.4) is 0 Å². The molecule has 4 atom stereocenters. The minimum absolute atomic E-state index is 0.288. The number of hydrogen-bond acceptors (Lipinski definition) is 3. The lowest BCUT2D eigenvalue weighted by Gasteiger charge is -2.23. The number of hydrogen-bond donors (Lipinski definition) is 1. The summed E-state index contributed by atoms with van der Waals surface area (Å²) in [5, 5.41) is 15.1. The molecule has 4 nitrogen and oxygen atoms in total. The predicted octanol–water partition coefficient (Wildman–Crippen LogP) is 2.72. The molecule has 112 valence electrons. The van der Waals surface area contributed by atoms with Crippen molar-refractivity contribution in [1.29, 1.82) is 0 Å². The van der Waals surface area contributed by atoms with E-state index < -0.39 is 0 Å². The number of rotatable bonds is 6.